The third kappa shape index (κ3) is 3.76. The van der Waals surface area contributed by atoms with Gasteiger partial charge in [0.1, 0.15) is 4.90 Å². The summed E-state index contributed by atoms with van der Waals surface area (Å²) in [5.41, 5.74) is 0. The SMILES string of the molecule is O=S(=O)(NCC(O)CO)c1cc(Br)sc1Br. The molecule has 0 saturated heterocycles. The van der Waals surface area contributed by atoms with Crippen LogP contribution in [0.15, 0.2) is 18.5 Å². The van der Waals surface area contributed by atoms with Gasteiger partial charge in [-0.25, -0.2) is 13.1 Å². The van der Waals surface area contributed by atoms with Crippen molar-refractivity contribution >= 4 is 53.2 Å². The molecule has 92 valence electrons. The average Bonchev–Trinajstić information content (AvgIpc) is 2.55. The van der Waals surface area contributed by atoms with E-state index in [0.29, 0.717) is 7.57 Å². The highest BCUT2D eigenvalue weighted by atomic mass is 79.9. The Labute approximate surface area is 114 Å². The molecule has 1 atom stereocenters. The van der Waals surface area contributed by atoms with Crippen LogP contribution >= 0.6 is 43.2 Å². The van der Waals surface area contributed by atoms with E-state index in [1.807, 2.05) is 0 Å². The Kier molecular flexibility index (Phi) is 5.36. The van der Waals surface area contributed by atoms with E-state index in [2.05, 4.69) is 36.6 Å². The minimum atomic E-state index is -3.66. The first-order chi connectivity index (χ1) is 7.36. The van der Waals surface area contributed by atoms with Gasteiger partial charge in [0, 0.05) is 6.54 Å². The predicted molar refractivity (Wildman–Crippen MR) is 68.0 cm³/mol. The highest BCUT2D eigenvalue weighted by molar-refractivity contribution is 9.12. The van der Waals surface area contributed by atoms with Crippen molar-refractivity contribution in [2.24, 2.45) is 0 Å². The van der Waals surface area contributed by atoms with Gasteiger partial charge in [-0.05, 0) is 37.9 Å². The molecule has 1 aromatic heterocycles. The Morgan fingerprint density at radius 2 is 2.12 bits per heavy atom. The van der Waals surface area contributed by atoms with Gasteiger partial charge in [0.05, 0.1) is 20.3 Å². The van der Waals surface area contributed by atoms with Crippen molar-refractivity contribution < 1.29 is 18.6 Å². The molecule has 0 bridgehead atoms. The second-order valence-corrected chi connectivity index (χ2v) is 8.36. The summed E-state index contributed by atoms with van der Waals surface area (Å²) in [6.07, 6.45) is -1.10. The van der Waals surface area contributed by atoms with Gasteiger partial charge in [0.2, 0.25) is 10.0 Å². The zero-order chi connectivity index (χ0) is 12.3. The number of aliphatic hydroxyl groups excluding tert-OH is 2. The number of hydrogen-bond donors (Lipinski definition) is 3. The first-order valence-corrected chi connectivity index (χ1v) is 7.99. The summed E-state index contributed by atoms with van der Waals surface area (Å²) in [7, 11) is -3.66. The van der Waals surface area contributed by atoms with E-state index in [-0.39, 0.29) is 11.4 Å². The summed E-state index contributed by atoms with van der Waals surface area (Å²) in [5, 5.41) is 17.6. The zero-order valence-corrected chi connectivity index (χ0v) is 12.7. The standard InChI is InChI=1S/C7H9Br2NO4S2/c8-6-1-5(7(9)15-6)16(13,14)10-2-4(12)3-11/h1,4,10-12H,2-3H2. The van der Waals surface area contributed by atoms with Crippen molar-refractivity contribution in [2.45, 2.75) is 11.0 Å². The van der Waals surface area contributed by atoms with E-state index in [1.165, 1.54) is 17.4 Å². The van der Waals surface area contributed by atoms with E-state index in [0.717, 1.165) is 0 Å². The maximum atomic E-state index is 11.7. The highest BCUT2D eigenvalue weighted by Gasteiger charge is 2.21. The average molecular weight is 395 g/mol. The second kappa shape index (κ2) is 5.89. The van der Waals surface area contributed by atoms with Gasteiger partial charge in [-0.1, -0.05) is 0 Å². The lowest BCUT2D eigenvalue weighted by Gasteiger charge is -2.08. The van der Waals surface area contributed by atoms with Crippen LogP contribution in [0.1, 0.15) is 0 Å². The van der Waals surface area contributed by atoms with E-state index in [4.69, 9.17) is 10.2 Å². The van der Waals surface area contributed by atoms with E-state index in [1.54, 1.807) is 0 Å². The van der Waals surface area contributed by atoms with E-state index >= 15 is 0 Å². The smallest absolute Gasteiger partial charge is 0.242 e. The molecule has 0 aliphatic rings. The molecule has 0 spiro atoms. The number of nitrogens with one attached hydrogen (secondary N) is 1. The summed E-state index contributed by atoms with van der Waals surface area (Å²) in [5.74, 6) is 0. The van der Waals surface area contributed by atoms with Gasteiger partial charge in [0.25, 0.3) is 0 Å². The lowest BCUT2D eigenvalue weighted by Crippen LogP contribution is -2.33. The van der Waals surface area contributed by atoms with Crippen LogP contribution in [-0.4, -0.2) is 37.9 Å². The molecule has 0 fully saturated rings. The fourth-order valence-electron chi connectivity index (χ4n) is 0.857. The predicted octanol–water partition coefficient (Wildman–Crippen LogP) is 0.905. The number of aliphatic hydroxyl groups is 2. The van der Waals surface area contributed by atoms with Crippen molar-refractivity contribution in [3.8, 4) is 0 Å². The van der Waals surface area contributed by atoms with Gasteiger partial charge < -0.3 is 10.2 Å². The van der Waals surface area contributed by atoms with Crippen LogP contribution in [0.3, 0.4) is 0 Å². The molecule has 5 nitrogen and oxygen atoms in total. The maximum Gasteiger partial charge on any atom is 0.242 e. The fraction of sp³-hybridized carbons (Fsp3) is 0.429. The Bertz CT molecular complexity index is 459. The van der Waals surface area contributed by atoms with Crippen molar-refractivity contribution in [2.75, 3.05) is 13.2 Å². The van der Waals surface area contributed by atoms with Gasteiger partial charge in [-0.2, -0.15) is 0 Å². The Balaban J connectivity index is 2.82. The molecule has 0 saturated carbocycles. The first kappa shape index (κ1) is 14.6. The molecular formula is C7H9Br2NO4S2. The number of hydrogen-bond acceptors (Lipinski definition) is 5. The van der Waals surface area contributed by atoms with Crippen molar-refractivity contribution in [1.29, 1.82) is 0 Å². The number of sulfonamides is 1. The normalized spacial score (nSPS) is 14.0. The van der Waals surface area contributed by atoms with Crippen molar-refractivity contribution in [3.05, 3.63) is 13.6 Å². The van der Waals surface area contributed by atoms with Crippen LogP contribution in [0.5, 0.6) is 0 Å². The minimum Gasteiger partial charge on any atom is -0.394 e. The summed E-state index contributed by atoms with van der Waals surface area (Å²) < 4.78 is 26.8. The first-order valence-electron chi connectivity index (χ1n) is 4.10. The van der Waals surface area contributed by atoms with E-state index < -0.39 is 22.7 Å². The molecule has 9 heteroatoms. The third-order valence-electron chi connectivity index (χ3n) is 1.63. The number of halogens is 2. The summed E-state index contributed by atoms with van der Waals surface area (Å²) >= 11 is 7.55. The highest BCUT2D eigenvalue weighted by Crippen LogP contribution is 2.34. The molecule has 1 heterocycles. The molecule has 1 unspecified atom stereocenters. The Morgan fingerprint density at radius 3 is 2.56 bits per heavy atom. The second-order valence-electron chi connectivity index (χ2n) is 2.88. The quantitative estimate of drug-likeness (QED) is 0.692. The molecule has 0 aromatic carbocycles. The lowest BCUT2D eigenvalue weighted by molar-refractivity contribution is 0.0988. The van der Waals surface area contributed by atoms with Crippen molar-refractivity contribution in [1.82, 2.24) is 4.72 Å². The topological polar surface area (TPSA) is 86.6 Å². The van der Waals surface area contributed by atoms with Crippen LogP contribution in [0.25, 0.3) is 0 Å². The molecule has 0 aliphatic carbocycles. The van der Waals surface area contributed by atoms with Gasteiger partial charge >= 0.3 is 0 Å². The zero-order valence-electron chi connectivity index (χ0n) is 7.85. The van der Waals surface area contributed by atoms with Crippen molar-refractivity contribution in [3.63, 3.8) is 0 Å². The lowest BCUT2D eigenvalue weighted by atomic mass is 10.4. The largest absolute Gasteiger partial charge is 0.394 e. The third-order valence-corrected chi connectivity index (χ3v) is 5.81. The molecule has 0 aliphatic heterocycles. The van der Waals surface area contributed by atoms with Gasteiger partial charge in [0.15, 0.2) is 0 Å². The Hall–Kier alpha value is 0.490. The van der Waals surface area contributed by atoms with Gasteiger partial charge in [-0.3, -0.25) is 0 Å². The summed E-state index contributed by atoms with van der Waals surface area (Å²) in [6, 6.07) is 1.46. The summed E-state index contributed by atoms with van der Waals surface area (Å²) in [6.45, 7) is -0.713. The monoisotopic (exact) mass is 393 g/mol. The van der Waals surface area contributed by atoms with Gasteiger partial charge in [-0.15, -0.1) is 11.3 Å². The van der Waals surface area contributed by atoms with Crippen LogP contribution in [-0.2, 0) is 10.0 Å². The number of rotatable bonds is 5. The fourth-order valence-corrected chi connectivity index (χ4v) is 5.74. The minimum absolute atomic E-state index is 0.106. The molecule has 0 radical (unpaired) electrons. The summed E-state index contributed by atoms with van der Waals surface area (Å²) in [4.78, 5) is 0.106. The van der Waals surface area contributed by atoms with Crippen LogP contribution in [0.4, 0.5) is 0 Å². The van der Waals surface area contributed by atoms with Crippen LogP contribution in [0, 0.1) is 0 Å². The molecule has 1 rings (SSSR count). The van der Waals surface area contributed by atoms with Crippen LogP contribution < -0.4 is 4.72 Å². The molecule has 3 N–H and O–H groups in total. The Morgan fingerprint density at radius 1 is 1.50 bits per heavy atom. The molecule has 0 amide bonds. The number of thiophene rings is 1. The molecule has 16 heavy (non-hydrogen) atoms. The maximum absolute atomic E-state index is 11.7. The van der Waals surface area contributed by atoms with E-state index in [9.17, 15) is 8.42 Å². The molecular weight excluding hydrogens is 386 g/mol. The van der Waals surface area contributed by atoms with Crippen LogP contribution in [0.2, 0.25) is 0 Å². The molecule has 1 aromatic rings.